The van der Waals surface area contributed by atoms with Gasteiger partial charge in [0.2, 0.25) is 0 Å². The van der Waals surface area contributed by atoms with Gasteiger partial charge in [-0.25, -0.2) is 0 Å². The number of ether oxygens (including phenoxy) is 2. The fourth-order valence-electron chi connectivity index (χ4n) is 4.14. The molecular weight excluding hydrogens is 352 g/mol. The Morgan fingerprint density at radius 3 is 2.61 bits per heavy atom. The van der Waals surface area contributed by atoms with Gasteiger partial charge >= 0.3 is 0 Å². The Morgan fingerprint density at radius 2 is 1.96 bits per heavy atom. The first-order valence-electron chi connectivity index (χ1n) is 10.9. The van der Waals surface area contributed by atoms with Gasteiger partial charge in [-0.3, -0.25) is 4.79 Å². The molecule has 1 aliphatic carbocycles. The van der Waals surface area contributed by atoms with Gasteiger partial charge in [-0.05, 0) is 89.6 Å². The molecule has 1 heterocycles. The summed E-state index contributed by atoms with van der Waals surface area (Å²) in [6.07, 6.45) is 7.16. The van der Waals surface area contributed by atoms with Crippen LogP contribution in [0.4, 0.5) is 5.69 Å². The van der Waals surface area contributed by atoms with E-state index in [4.69, 9.17) is 9.47 Å². The summed E-state index contributed by atoms with van der Waals surface area (Å²) in [4.78, 5) is 15.3. The molecule has 2 fully saturated rings. The molecule has 0 aromatic heterocycles. The molecule has 0 bridgehead atoms. The lowest BCUT2D eigenvalue weighted by Crippen LogP contribution is -2.44. The summed E-state index contributed by atoms with van der Waals surface area (Å²) in [6, 6.07) is 8.36. The average Bonchev–Trinajstić information content (AvgIpc) is 3.53. The van der Waals surface area contributed by atoms with E-state index in [0.717, 1.165) is 43.9 Å². The standard InChI is InChI=1S/C23H36N2O3/c1-4-28-23(3,19-9-10-19)22(26)24-20-11-13-21(14-12-20)27-17-7-16-25-15-6-5-8-18(25)2/h11-14,18-19H,4-10,15-17H2,1-3H3,(H,24,26)/t18-,23+/m0/s1. The maximum absolute atomic E-state index is 12.7. The summed E-state index contributed by atoms with van der Waals surface area (Å²) in [6.45, 7) is 9.76. The molecule has 1 amide bonds. The molecule has 1 aromatic rings. The summed E-state index contributed by atoms with van der Waals surface area (Å²) >= 11 is 0. The zero-order valence-electron chi connectivity index (χ0n) is 17.7. The van der Waals surface area contributed by atoms with Crippen LogP contribution in [-0.2, 0) is 9.53 Å². The Balaban J connectivity index is 1.42. The van der Waals surface area contributed by atoms with Crippen LogP contribution in [0.15, 0.2) is 24.3 Å². The van der Waals surface area contributed by atoms with E-state index in [-0.39, 0.29) is 5.91 Å². The van der Waals surface area contributed by atoms with Crippen molar-refractivity contribution in [2.75, 3.05) is 31.6 Å². The highest BCUT2D eigenvalue weighted by Gasteiger charge is 2.48. The first-order valence-corrected chi connectivity index (χ1v) is 10.9. The van der Waals surface area contributed by atoms with Gasteiger partial charge in [0.1, 0.15) is 11.4 Å². The number of hydrogen-bond donors (Lipinski definition) is 1. The molecule has 1 saturated carbocycles. The lowest BCUT2D eigenvalue weighted by Gasteiger charge is -2.33. The van der Waals surface area contributed by atoms with Crippen molar-refractivity contribution in [3.05, 3.63) is 24.3 Å². The molecule has 1 saturated heterocycles. The monoisotopic (exact) mass is 388 g/mol. The van der Waals surface area contributed by atoms with Crippen molar-refractivity contribution in [1.82, 2.24) is 4.90 Å². The van der Waals surface area contributed by atoms with Crippen molar-refractivity contribution in [2.24, 2.45) is 5.92 Å². The molecule has 0 radical (unpaired) electrons. The van der Waals surface area contributed by atoms with Crippen LogP contribution in [0.25, 0.3) is 0 Å². The molecule has 1 aromatic carbocycles. The Bertz CT molecular complexity index is 629. The van der Waals surface area contributed by atoms with Crippen molar-refractivity contribution in [3.8, 4) is 5.75 Å². The average molecular weight is 389 g/mol. The number of amides is 1. The zero-order chi connectivity index (χ0) is 20.0. The number of nitrogens with one attached hydrogen (secondary N) is 1. The number of carbonyl (C=O) groups is 1. The van der Waals surface area contributed by atoms with Crippen LogP contribution in [0.5, 0.6) is 5.75 Å². The van der Waals surface area contributed by atoms with E-state index in [1.807, 2.05) is 38.1 Å². The first kappa shape index (κ1) is 21.1. The van der Waals surface area contributed by atoms with E-state index in [2.05, 4.69) is 17.1 Å². The molecule has 3 rings (SSSR count). The van der Waals surface area contributed by atoms with Gasteiger partial charge in [-0.1, -0.05) is 6.42 Å². The van der Waals surface area contributed by atoms with Crippen molar-refractivity contribution < 1.29 is 14.3 Å². The quantitative estimate of drug-likeness (QED) is 0.601. The van der Waals surface area contributed by atoms with Crippen molar-refractivity contribution in [3.63, 3.8) is 0 Å². The molecule has 2 atom stereocenters. The van der Waals surface area contributed by atoms with Crippen LogP contribution in [0.3, 0.4) is 0 Å². The number of nitrogens with zero attached hydrogens (tertiary/aromatic N) is 1. The number of likely N-dealkylation sites (tertiary alicyclic amines) is 1. The van der Waals surface area contributed by atoms with E-state index in [0.29, 0.717) is 18.6 Å². The second-order valence-corrected chi connectivity index (χ2v) is 8.38. The third-order valence-corrected chi connectivity index (χ3v) is 6.16. The fraction of sp³-hybridized carbons (Fsp3) is 0.696. The number of piperidine rings is 1. The smallest absolute Gasteiger partial charge is 0.256 e. The third-order valence-electron chi connectivity index (χ3n) is 6.16. The predicted octanol–water partition coefficient (Wildman–Crippen LogP) is 4.47. The second kappa shape index (κ2) is 9.75. The SMILES string of the molecule is CCO[C@@](C)(C(=O)Nc1ccc(OCCCN2CCCC[C@@H]2C)cc1)C1CC1. The molecular formula is C23H36N2O3. The molecule has 28 heavy (non-hydrogen) atoms. The molecule has 1 aliphatic heterocycles. The molecule has 0 unspecified atom stereocenters. The van der Waals surface area contributed by atoms with Crippen molar-refractivity contribution in [2.45, 2.75) is 70.9 Å². The predicted molar refractivity (Wildman–Crippen MR) is 113 cm³/mol. The number of rotatable bonds is 10. The lowest BCUT2D eigenvalue weighted by molar-refractivity contribution is -0.141. The van der Waals surface area contributed by atoms with E-state index in [9.17, 15) is 4.79 Å². The Labute approximate surface area is 169 Å². The molecule has 5 nitrogen and oxygen atoms in total. The minimum Gasteiger partial charge on any atom is -0.494 e. The zero-order valence-corrected chi connectivity index (χ0v) is 17.7. The molecule has 156 valence electrons. The minimum absolute atomic E-state index is 0.0545. The van der Waals surface area contributed by atoms with Crippen LogP contribution in [0.1, 0.15) is 59.3 Å². The first-order chi connectivity index (χ1) is 13.5. The topological polar surface area (TPSA) is 50.8 Å². The van der Waals surface area contributed by atoms with Gasteiger partial charge in [-0.2, -0.15) is 0 Å². The summed E-state index contributed by atoms with van der Waals surface area (Å²) in [7, 11) is 0. The molecule has 1 N–H and O–H groups in total. The van der Waals surface area contributed by atoms with Gasteiger partial charge in [0, 0.05) is 24.9 Å². The second-order valence-electron chi connectivity index (χ2n) is 8.38. The third kappa shape index (κ3) is 5.48. The maximum Gasteiger partial charge on any atom is 0.256 e. The number of benzene rings is 1. The Kier molecular flexibility index (Phi) is 7.36. The Hall–Kier alpha value is -1.59. The largest absolute Gasteiger partial charge is 0.494 e. The van der Waals surface area contributed by atoms with Crippen molar-refractivity contribution >= 4 is 11.6 Å². The highest BCUT2D eigenvalue weighted by molar-refractivity contribution is 5.97. The van der Waals surface area contributed by atoms with Crippen molar-refractivity contribution in [1.29, 1.82) is 0 Å². The van der Waals surface area contributed by atoms with Gasteiger partial charge in [0.25, 0.3) is 5.91 Å². The highest BCUT2D eigenvalue weighted by Crippen LogP contribution is 2.42. The van der Waals surface area contributed by atoms with Gasteiger partial charge in [0.05, 0.1) is 6.61 Å². The number of anilines is 1. The van der Waals surface area contributed by atoms with Gasteiger partial charge in [-0.15, -0.1) is 0 Å². The molecule has 5 heteroatoms. The van der Waals surface area contributed by atoms with Gasteiger partial charge in [0.15, 0.2) is 0 Å². The van der Waals surface area contributed by atoms with E-state index in [1.165, 1.54) is 25.8 Å². The molecule has 2 aliphatic rings. The summed E-state index contributed by atoms with van der Waals surface area (Å²) in [5.74, 6) is 1.12. The summed E-state index contributed by atoms with van der Waals surface area (Å²) < 4.78 is 11.7. The minimum atomic E-state index is -0.727. The fourth-order valence-corrected chi connectivity index (χ4v) is 4.14. The summed E-state index contributed by atoms with van der Waals surface area (Å²) in [5.41, 5.74) is 0.0567. The maximum atomic E-state index is 12.7. The van der Waals surface area contributed by atoms with Crippen LogP contribution in [-0.4, -0.2) is 48.8 Å². The van der Waals surface area contributed by atoms with E-state index in [1.54, 1.807) is 0 Å². The normalized spacial score (nSPS) is 22.5. The molecule has 0 spiro atoms. The highest BCUT2D eigenvalue weighted by atomic mass is 16.5. The number of carbonyl (C=O) groups excluding carboxylic acids is 1. The van der Waals surface area contributed by atoms with Crippen LogP contribution in [0, 0.1) is 5.92 Å². The van der Waals surface area contributed by atoms with E-state index >= 15 is 0 Å². The number of hydrogen-bond acceptors (Lipinski definition) is 4. The van der Waals surface area contributed by atoms with E-state index < -0.39 is 5.60 Å². The van der Waals surface area contributed by atoms with Crippen LogP contribution < -0.4 is 10.1 Å². The van der Waals surface area contributed by atoms with Crippen LogP contribution in [0.2, 0.25) is 0 Å². The van der Waals surface area contributed by atoms with Gasteiger partial charge < -0.3 is 19.7 Å². The van der Waals surface area contributed by atoms with Crippen LogP contribution >= 0.6 is 0 Å². The Morgan fingerprint density at radius 1 is 1.21 bits per heavy atom. The summed E-state index contributed by atoms with van der Waals surface area (Å²) in [5, 5.41) is 3.00. The lowest BCUT2D eigenvalue weighted by atomic mass is 9.99.